The average molecular weight is 450 g/mol. The number of para-hydroxylation sites is 1. The first-order chi connectivity index (χ1) is 15.9. The Morgan fingerprint density at radius 2 is 1.58 bits per heavy atom. The van der Waals surface area contributed by atoms with Gasteiger partial charge in [-0.25, -0.2) is 4.68 Å². The summed E-state index contributed by atoms with van der Waals surface area (Å²) in [6.07, 6.45) is 3.11. The van der Waals surface area contributed by atoms with Gasteiger partial charge in [0, 0.05) is 50.3 Å². The first-order valence-electron chi connectivity index (χ1n) is 11.5. The molecule has 0 spiro atoms. The zero-order valence-electron chi connectivity index (χ0n) is 18.7. The van der Waals surface area contributed by atoms with Gasteiger partial charge >= 0.3 is 0 Å². The number of rotatable bonds is 4. The van der Waals surface area contributed by atoms with E-state index < -0.39 is 0 Å². The Balaban J connectivity index is 1.28. The van der Waals surface area contributed by atoms with Gasteiger partial charge in [0.1, 0.15) is 6.54 Å². The molecule has 0 bridgehead atoms. The van der Waals surface area contributed by atoms with Crippen molar-refractivity contribution in [1.82, 2.24) is 24.5 Å². The van der Waals surface area contributed by atoms with Crippen molar-refractivity contribution >= 4 is 23.6 Å². The lowest BCUT2D eigenvalue weighted by molar-refractivity contribution is -0.146. The van der Waals surface area contributed by atoms with Gasteiger partial charge in [-0.05, 0) is 37.8 Å². The SMILES string of the molecule is Cc1ccccc1-n1nc(C(=O)N2CCN(C(=O)CN3C(=O)CCC3=O)CC2)c2c1CCC2. The molecule has 3 heterocycles. The fraction of sp³-hybridized carbons (Fsp3) is 0.458. The third-order valence-electron chi connectivity index (χ3n) is 6.84. The van der Waals surface area contributed by atoms with Gasteiger partial charge in [0.05, 0.1) is 5.69 Å². The molecule has 33 heavy (non-hydrogen) atoms. The first-order valence-corrected chi connectivity index (χ1v) is 11.5. The van der Waals surface area contributed by atoms with Crippen LogP contribution >= 0.6 is 0 Å². The number of nitrogens with zero attached hydrogens (tertiary/aromatic N) is 5. The molecular weight excluding hydrogens is 422 g/mol. The molecule has 0 saturated carbocycles. The number of aromatic nitrogens is 2. The number of carbonyl (C=O) groups excluding carboxylic acids is 4. The van der Waals surface area contributed by atoms with E-state index in [0.29, 0.717) is 31.9 Å². The molecule has 2 aliphatic heterocycles. The second-order valence-electron chi connectivity index (χ2n) is 8.87. The van der Waals surface area contributed by atoms with Crippen molar-refractivity contribution in [3.8, 4) is 5.69 Å². The fourth-order valence-electron chi connectivity index (χ4n) is 4.95. The van der Waals surface area contributed by atoms with Gasteiger partial charge in [0.2, 0.25) is 17.7 Å². The molecule has 3 aliphatic rings. The number of hydrogen-bond acceptors (Lipinski definition) is 5. The number of benzene rings is 1. The molecule has 5 rings (SSSR count). The molecule has 9 nitrogen and oxygen atoms in total. The highest BCUT2D eigenvalue weighted by molar-refractivity contribution is 6.04. The Hall–Kier alpha value is -3.49. The quantitative estimate of drug-likeness (QED) is 0.652. The minimum Gasteiger partial charge on any atom is -0.338 e. The molecule has 1 aromatic carbocycles. The van der Waals surface area contributed by atoms with E-state index in [4.69, 9.17) is 5.10 Å². The predicted molar refractivity (Wildman–Crippen MR) is 119 cm³/mol. The van der Waals surface area contributed by atoms with Gasteiger partial charge in [0.15, 0.2) is 5.69 Å². The van der Waals surface area contributed by atoms with Crippen molar-refractivity contribution in [2.24, 2.45) is 0 Å². The van der Waals surface area contributed by atoms with E-state index in [9.17, 15) is 19.2 Å². The van der Waals surface area contributed by atoms with Crippen LogP contribution in [-0.4, -0.2) is 80.8 Å². The van der Waals surface area contributed by atoms with E-state index >= 15 is 0 Å². The summed E-state index contributed by atoms with van der Waals surface area (Å²) in [4.78, 5) is 54.0. The number of piperazine rings is 1. The lowest BCUT2D eigenvalue weighted by atomic mass is 10.1. The van der Waals surface area contributed by atoms with Crippen LogP contribution in [0.1, 0.15) is 46.6 Å². The molecule has 1 aromatic heterocycles. The van der Waals surface area contributed by atoms with Crippen molar-refractivity contribution in [3.63, 3.8) is 0 Å². The molecule has 172 valence electrons. The molecule has 2 fully saturated rings. The third kappa shape index (κ3) is 3.81. The fourth-order valence-corrected chi connectivity index (χ4v) is 4.95. The summed E-state index contributed by atoms with van der Waals surface area (Å²) in [6, 6.07) is 8.03. The number of imide groups is 1. The number of likely N-dealkylation sites (tertiary alicyclic amines) is 1. The number of aryl methyl sites for hydroxylation is 1. The normalized spacial score (nSPS) is 18.3. The van der Waals surface area contributed by atoms with Crippen molar-refractivity contribution in [2.45, 2.75) is 39.0 Å². The summed E-state index contributed by atoms with van der Waals surface area (Å²) < 4.78 is 1.93. The van der Waals surface area contributed by atoms with Crippen molar-refractivity contribution in [2.75, 3.05) is 32.7 Å². The van der Waals surface area contributed by atoms with Crippen LogP contribution in [0.5, 0.6) is 0 Å². The zero-order chi connectivity index (χ0) is 23.1. The van der Waals surface area contributed by atoms with Gasteiger partial charge in [-0.15, -0.1) is 0 Å². The van der Waals surface area contributed by atoms with E-state index in [1.165, 1.54) is 0 Å². The van der Waals surface area contributed by atoms with Gasteiger partial charge < -0.3 is 9.80 Å². The molecule has 2 saturated heterocycles. The summed E-state index contributed by atoms with van der Waals surface area (Å²) in [5.41, 5.74) is 4.76. The van der Waals surface area contributed by atoms with Crippen LogP contribution in [0, 0.1) is 6.92 Å². The minimum atomic E-state index is -0.291. The lowest BCUT2D eigenvalue weighted by Crippen LogP contribution is -2.53. The molecule has 9 heteroatoms. The van der Waals surface area contributed by atoms with Crippen LogP contribution in [0.2, 0.25) is 0 Å². The molecule has 2 aromatic rings. The number of hydrogen-bond donors (Lipinski definition) is 0. The van der Waals surface area contributed by atoms with E-state index in [1.54, 1.807) is 9.80 Å². The standard InChI is InChI=1S/C24H27N5O4/c1-16-5-2-3-7-18(16)29-19-8-4-6-17(19)23(25-29)24(33)27-13-11-26(12-14-27)22(32)15-28-20(30)9-10-21(28)31/h2-3,5,7H,4,6,8-15H2,1H3. The molecule has 0 unspecified atom stereocenters. The van der Waals surface area contributed by atoms with Crippen molar-refractivity contribution in [1.29, 1.82) is 0 Å². The maximum Gasteiger partial charge on any atom is 0.274 e. The Morgan fingerprint density at radius 3 is 2.27 bits per heavy atom. The number of amides is 4. The van der Waals surface area contributed by atoms with E-state index in [1.807, 2.05) is 35.9 Å². The van der Waals surface area contributed by atoms with Crippen LogP contribution in [0.15, 0.2) is 24.3 Å². The molecule has 4 amide bonds. The topological polar surface area (TPSA) is 95.8 Å². The average Bonchev–Trinajstić information content (AvgIpc) is 3.51. The number of carbonyl (C=O) groups is 4. The van der Waals surface area contributed by atoms with Crippen LogP contribution < -0.4 is 0 Å². The molecular formula is C24H27N5O4. The first kappa shape index (κ1) is 21.4. The predicted octanol–water partition coefficient (Wildman–Crippen LogP) is 1.10. The summed E-state index contributed by atoms with van der Waals surface area (Å²) in [5.74, 6) is -0.937. The van der Waals surface area contributed by atoms with Gasteiger partial charge in [-0.2, -0.15) is 5.10 Å². The largest absolute Gasteiger partial charge is 0.338 e. The molecule has 0 N–H and O–H groups in total. The maximum atomic E-state index is 13.4. The molecule has 0 radical (unpaired) electrons. The van der Waals surface area contributed by atoms with E-state index in [2.05, 4.69) is 0 Å². The second kappa shape index (κ2) is 8.46. The van der Waals surface area contributed by atoms with Crippen molar-refractivity contribution in [3.05, 3.63) is 46.8 Å². The van der Waals surface area contributed by atoms with Crippen LogP contribution in [0.3, 0.4) is 0 Å². The number of fused-ring (bicyclic) bond motifs is 1. The van der Waals surface area contributed by atoms with Crippen LogP contribution in [0.4, 0.5) is 0 Å². The Bertz CT molecular complexity index is 1130. The summed E-state index contributed by atoms with van der Waals surface area (Å²) in [5, 5.41) is 4.74. The third-order valence-corrected chi connectivity index (χ3v) is 6.84. The van der Waals surface area contributed by atoms with Crippen LogP contribution in [-0.2, 0) is 27.2 Å². The highest BCUT2D eigenvalue weighted by Gasteiger charge is 2.34. The Kier molecular flexibility index (Phi) is 5.47. The van der Waals surface area contributed by atoms with Crippen LogP contribution in [0.25, 0.3) is 5.69 Å². The molecule has 0 atom stereocenters. The Labute approximate surface area is 191 Å². The lowest BCUT2D eigenvalue weighted by Gasteiger charge is -2.35. The molecule has 1 aliphatic carbocycles. The van der Waals surface area contributed by atoms with Crippen molar-refractivity contribution < 1.29 is 19.2 Å². The zero-order valence-corrected chi connectivity index (χ0v) is 18.7. The summed E-state index contributed by atoms with van der Waals surface area (Å²) >= 11 is 0. The smallest absolute Gasteiger partial charge is 0.274 e. The van der Waals surface area contributed by atoms with Gasteiger partial charge in [-0.3, -0.25) is 24.1 Å². The Morgan fingerprint density at radius 1 is 0.909 bits per heavy atom. The van der Waals surface area contributed by atoms with E-state index in [0.717, 1.165) is 46.7 Å². The summed E-state index contributed by atoms with van der Waals surface area (Å²) in [7, 11) is 0. The van der Waals surface area contributed by atoms with Gasteiger partial charge in [-0.1, -0.05) is 18.2 Å². The summed E-state index contributed by atoms with van der Waals surface area (Å²) in [6.45, 7) is 3.39. The second-order valence-corrected chi connectivity index (χ2v) is 8.87. The highest BCUT2D eigenvalue weighted by atomic mass is 16.2. The monoisotopic (exact) mass is 449 g/mol. The highest BCUT2D eigenvalue weighted by Crippen LogP contribution is 2.29. The maximum absolute atomic E-state index is 13.4. The minimum absolute atomic E-state index is 0.0996. The van der Waals surface area contributed by atoms with Gasteiger partial charge in [0.25, 0.3) is 5.91 Å². The van der Waals surface area contributed by atoms with E-state index in [-0.39, 0.29) is 43.0 Å².